The topological polar surface area (TPSA) is 92.7 Å². The molecule has 4 aromatic carbocycles. The molecule has 3 unspecified atom stereocenters. The second-order valence-electron chi connectivity index (χ2n) is 14.3. The average Bonchev–Trinajstić information content (AvgIpc) is 3.27. The van der Waals surface area contributed by atoms with Crippen molar-refractivity contribution in [2.75, 3.05) is 6.61 Å². The van der Waals surface area contributed by atoms with E-state index in [9.17, 15) is 19.3 Å². The third kappa shape index (κ3) is 7.06. The van der Waals surface area contributed by atoms with Gasteiger partial charge in [0, 0.05) is 12.8 Å². The average molecular weight is 666 g/mol. The largest absolute Gasteiger partial charge is 0.466 e. The third-order valence-electron chi connectivity index (χ3n) is 9.90. The Morgan fingerprint density at radius 2 is 1.31 bits per heavy atom. The monoisotopic (exact) mass is 665 g/mol. The Hall–Kier alpha value is -3.99. The summed E-state index contributed by atoms with van der Waals surface area (Å²) in [7, 11) is -1.81. The summed E-state index contributed by atoms with van der Waals surface area (Å²) >= 11 is 0. The second-order valence-corrected chi connectivity index (χ2v) is 15.6. The number of benzene rings is 4. The summed E-state index contributed by atoms with van der Waals surface area (Å²) in [6.45, 7) is 10.7. The van der Waals surface area contributed by atoms with E-state index in [0.717, 1.165) is 28.7 Å². The number of rotatable bonds is 13. The first kappa shape index (κ1) is 35.3. The first-order valence-corrected chi connectivity index (χ1v) is 17.9. The van der Waals surface area contributed by atoms with Crippen LogP contribution in [-0.4, -0.2) is 28.9 Å². The minimum absolute atomic E-state index is 0.0166. The molecule has 0 aromatic heterocycles. The molecule has 252 valence electrons. The number of esters is 1. The van der Waals surface area contributed by atoms with Crippen molar-refractivity contribution in [1.82, 2.24) is 5.32 Å². The lowest BCUT2D eigenvalue weighted by molar-refractivity contribution is -0.154. The van der Waals surface area contributed by atoms with E-state index < -0.39 is 31.2 Å². The molecule has 0 saturated heterocycles. The highest BCUT2D eigenvalue weighted by Gasteiger charge is 2.45. The number of hydrogen-bond donors (Lipinski definition) is 2. The summed E-state index contributed by atoms with van der Waals surface area (Å²) in [5, 5.41) is 13.4. The van der Waals surface area contributed by atoms with E-state index in [1.165, 1.54) is 11.1 Å². The van der Waals surface area contributed by atoms with Crippen molar-refractivity contribution in [2.24, 2.45) is 5.92 Å². The van der Waals surface area contributed by atoms with Crippen LogP contribution in [0.2, 0.25) is 0 Å². The number of fused-ring (bicyclic) bond motifs is 1. The Balaban J connectivity index is 1.46. The van der Waals surface area contributed by atoms with Gasteiger partial charge in [-0.3, -0.25) is 9.59 Å². The molecule has 0 aliphatic heterocycles. The zero-order chi connectivity index (χ0) is 34.6. The van der Waals surface area contributed by atoms with Crippen molar-refractivity contribution in [1.29, 1.82) is 0 Å². The fourth-order valence-corrected chi connectivity index (χ4v) is 8.65. The molecule has 0 saturated carbocycles. The Morgan fingerprint density at radius 3 is 1.79 bits per heavy atom. The summed E-state index contributed by atoms with van der Waals surface area (Å²) in [5.41, 5.74) is 4.85. The maximum atomic E-state index is 14.1. The summed E-state index contributed by atoms with van der Waals surface area (Å²) in [6.07, 6.45) is 0.884. The third-order valence-corrected chi connectivity index (χ3v) is 10.9. The standard InChI is InChI=1S/C41H48NO5P/c1-6-47-37(44)34(40(45,48-46)27-29-22-23-33-35(26-29)39(4,5)28-38(33,2)3)24-25-36(43)42-41(30-16-10-7-11-17-30,31-18-12-8-13-19-31)32-20-14-9-15-21-32/h7-23,26,34,45H,6,24-25,27-28,48H2,1-5H3,(H,42,43). The van der Waals surface area contributed by atoms with E-state index in [0.29, 0.717) is 0 Å². The van der Waals surface area contributed by atoms with E-state index in [1.807, 2.05) is 97.1 Å². The van der Waals surface area contributed by atoms with Crippen LogP contribution in [0.5, 0.6) is 0 Å². The van der Waals surface area contributed by atoms with Gasteiger partial charge in [0.2, 0.25) is 5.91 Å². The Labute approximate surface area is 286 Å². The van der Waals surface area contributed by atoms with Crippen molar-refractivity contribution in [3.63, 3.8) is 0 Å². The SMILES string of the molecule is CCOC(=O)C(CCC(=O)NC(c1ccccc1)(c1ccccc1)c1ccccc1)C(O)(Cc1ccc2c(c1)C(C)(C)CC2(C)C)[PH2]=O. The van der Waals surface area contributed by atoms with Gasteiger partial charge in [-0.25, -0.2) is 0 Å². The van der Waals surface area contributed by atoms with Gasteiger partial charge in [-0.1, -0.05) is 137 Å². The van der Waals surface area contributed by atoms with Crippen LogP contribution in [0.4, 0.5) is 0 Å². The van der Waals surface area contributed by atoms with E-state index >= 15 is 0 Å². The number of carbonyl (C=O) groups excluding carboxylic acids is 2. The molecule has 0 spiro atoms. The predicted octanol–water partition coefficient (Wildman–Crippen LogP) is 7.70. The molecule has 1 aliphatic carbocycles. The number of aliphatic hydroxyl groups is 1. The van der Waals surface area contributed by atoms with Crippen molar-refractivity contribution in [2.45, 2.75) is 82.0 Å². The van der Waals surface area contributed by atoms with Crippen LogP contribution in [0.15, 0.2) is 109 Å². The predicted molar refractivity (Wildman–Crippen MR) is 193 cm³/mol. The minimum Gasteiger partial charge on any atom is -0.466 e. The summed E-state index contributed by atoms with van der Waals surface area (Å²) in [4.78, 5) is 27.5. The zero-order valence-corrected chi connectivity index (χ0v) is 29.8. The summed E-state index contributed by atoms with van der Waals surface area (Å²) in [5.74, 6) is -2.13. The Kier molecular flexibility index (Phi) is 10.5. The molecule has 0 bridgehead atoms. The van der Waals surface area contributed by atoms with E-state index in [-0.39, 0.29) is 42.6 Å². The first-order valence-electron chi connectivity index (χ1n) is 16.8. The van der Waals surface area contributed by atoms with Gasteiger partial charge in [-0.2, -0.15) is 0 Å². The highest BCUT2D eigenvalue weighted by molar-refractivity contribution is 7.25. The first-order chi connectivity index (χ1) is 22.9. The molecule has 0 heterocycles. The number of amides is 1. The molecular formula is C41H48NO5P. The zero-order valence-electron chi connectivity index (χ0n) is 28.7. The fraction of sp³-hybridized carbons (Fsp3) is 0.366. The van der Waals surface area contributed by atoms with Crippen molar-refractivity contribution in [3.05, 3.63) is 143 Å². The molecule has 4 aromatic rings. The Morgan fingerprint density at radius 1 is 0.812 bits per heavy atom. The van der Waals surface area contributed by atoms with Crippen molar-refractivity contribution >= 4 is 20.3 Å². The lowest BCUT2D eigenvalue weighted by Crippen LogP contribution is -2.48. The smallest absolute Gasteiger partial charge is 0.312 e. The molecule has 1 amide bonds. The molecule has 1 aliphatic rings. The Bertz CT molecular complexity index is 1640. The van der Waals surface area contributed by atoms with Crippen LogP contribution in [0, 0.1) is 5.92 Å². The van der Waals surface area contributed by atoms with Gasteiger partial charge in [0.1, 0.15) is 10.9 Å². The lowest BCUT2D eigenvalue weighted by atomic mass is 9.76. The lowest BCUT2D eigenvalue weighted by Gasteiger charge is -2.37. The second kappa shape index (κ2) is 14.2. The van der Waals surface area contributed by atoms with Crippen LogP contribution in [-0.2, 0) is 41.7 Å². The van der Waals surface area contributed by atoms with E-state index in [1.54, 1.807) is 6.92 Å². The fourth-order valence-electron chi connectivity index (χ4n) is 7.86. The van der Waals surface area contributed by atoms with Crippen LogP contribution < -0.4 is 5.32 Å². The van der Waals surface area contributed by atoms with Gasteiger partial charge in [0.25, 0.3) is 0 Å². The van der Waals surface area contributed by atoms with Gasteiger partial charge in [-0.05, 0) is 64.0 Å². The molecule has 6 nitrogen and oxygen atoms in total. The maximum Gasteiger partial charge on any atom is 0.312 e. The molecule has 2 N–H and O–H groups in total. The molecule has 0 fully saturated rings. The number of carbonyl (C=O) groups is 2. The molecular weight excluding hydrogens is 617 g/mol. The van der Waals surface area contributed by atoms with Crippen molar-refractivity contribution in [3.8, 4) is 0 Å². The molecule has 3 atom stereocenters. The molecule has 0 radical (unpaired) electrons. The van der Waals surface area contributed by atoms with Gasteiger partial charge in [-0.15, -0.1) is 0 Å². The normalized spacial score (nSPS) is 17.0. The van der Waals surface area contributed by atoms with Crippen LogP contribution in [0.25, 0.3) is 0 Å². The minimum atomic E-state index is -1.87. The van der Waals surface area contributed by atoms with E-state index in [4.69, 9.17) is 4.74 Å². The van der Waals surface area contributed by atoms with Crippen molar-refractivity contribution < 1.29 is 24.0 Å². The van der Waals surface area contributed by atoms with Crippen LogP contribution in [0.1, 0.15) is 87.3 Å². The number of nitrogens with one attached hydrogen (secondary N) is 1. The van der Waals surface area contributed by atoms with Crippen LogP contribution in [0.3, 0.4) is 0 Å². The van der Waals surface area contributed by atoms with Gasteiger partial charge in [0.05, 0.1) is 21.0 Å². The number of ether oxygens (including phenoxy) is 1. The van der Waals surface area contributed by atoms with Gasteiger partial charge < -0.3 is 19.7 Å². The molecule has 5 rings (SSSR count). The van der Waals surface area contributed by atoms with E-state index in [2.05, 4.69) is 45.1 Å². The quantitative estimate of drug-likeness (QED) is 0.0868. The molecule has 7 heteroatoms. The van der Waals surface area contributed by atoms with Gasteiger partial charge >= 0.3 is 5.97 Å². The molecule has 48 heavy (non-hydrogen) atoms. The summed E-state index contributed by atoms with van der Waals surface area (Å²) < 4.78 is 18.3. The highest BCUT2D eigenvalue weighted by Crippen LogP contribution is 2.50. The number of hydrogen-bond acceptors (Lipinski definition) is 5. The summed E-state index contributed by atoms with van der Waals surface area (Å²) in [6, 6.07) is 35.5. The highest BCUT2D eigenvalue weighted by atomic mass is 31.1. The van der Waals surface area contributed by atoms with Crippen LogP contribution >= 0.6 is 8.46 Å². The van der Waals surface area contributed by atoms with Gasteiger partial charge in [0.15, 0.2) is 0 Å². The maximum absolute atomic E-state index is 14.1.